The Labute approximate surface area is 143 Å². The van der Waals surface area contributed by atoms with Gasteiger partial charge in [0.2, 0.25) is 0 Å². The summed E-state index contributed by atoms with van der Waals surface area (Å²) < 4.78 is 5.16. The summed E-state index contributed by atoms with van der Waals surface area (Å²) in [6, 6.07) is 15.4. The van der Waals surface area contributed by atoms with Crippen LogP contribution in [0.1, 0.15) is 11.1 Å². The molecule has 0 saturated heterocycles. The van der Waals surface area contributed by atoms with E-state index in [9.17, 15) is 14.9 Å². The fourth-order valence-electron chi connectivity index (χ4n) is 2.42. The SMILES string of the molecule is Cc1cc(NC(=O)OCc2ccccc2)nc2ccc([N+](=O)[O-])cc12. The smallest absolute Gasteiger partial charge is 0.413 e. The highest BCUT2D eigenvalue weighted by Gasteiger charge is 2.11. The van der Waals surface area contributed by atoms with Gasteiger partial charge in [-0.05, 0) is 30.2 Å². The van der Waals surface area contributed by atoms with Crippen LogP contribution < -0.4 is 5.32 Å². The highest BCUT2D eigenvalue weighted by atomic mass is 16.6. The van der Waals surface area contributed by atoms with Crippen LogP contribution in [0.3, 0.4) is 0 Å². The lowest BCUT2D eigenvalue weighted by molar-refractivity contribution is -0.384. The van der Waals surface area contributed by atoms with Crippen LogP contribution in [0.4, 0.5) is 16.3 Å². The number of nitrogens with zero attached hydrogens (tertiary/aromatic N) is 2. The van der Waals surface area contributed by atoms with Gasteiger partial charge in [0.1, 0.15) is 12.4 Å². The van der Waals surface area contributed by atoms with Crippen molar-refractivity contribution in [3.8, 4) is 0 Å². The van der Waals surface area contributed by atoms with Gasteiger partial charge in [0.15, 0.2) is 0 Å². The van der Waals surface area contributed by atoms with Crippen molar-refractivity contribution in [1.82, 2.24) is 4.98 Å². The minimum absolute atomic E-state index is 0.000352. The van der Waals surface area contributed by atoms with E-state index in [1.807, 2.05) is 30.3 Å². The fraction of sp³-hybridized carbons (Fsp3) is 0.111. The Bertz CT molecular complexity index is 942. The van der Waals surface area contributed by atoms with Gasteiger partial charge in [-0.1, -0.05) is 30.3 Å². The summed E-state index contributed by atoms with van der Waals surface area (Å²) in [6.45, 7) is 1.96. The summed E-state index contributed by atoms with van der Waals surface area (Å²) >= 11 is 0. The van der Waals surface area contributed by atoms with Crippen molar-refractivity contribution >= 4 is 28.5 Å². The number of pyridine rings is 1. The normalized spacial score (nSPS) is 10.4. The third-order valence-corrected chi connectivity index (χ3v) is 3.65. The van der Waals surface area contributed by atoms with Crippen LogP contribution in [0.2, 0.25) is 0 Å². The number of aromatic nitrogens is 1. The van der Waals surface area contributed by atoms with E-state index >= 15 is 0 Å². The topological polar surface area (TPSA) is 94.4 Å². The van der Waals surface area contributed by atoms with E-state index in [1.54, 1.807) is 19.1 Å². The Morgan fingerprint density at radius 2 is 1.96 bits per heavy atom. The molecule has 7 heteroatoms. The minimum Gasteiger partial charge on any atom is -0.444 e. The van der Waals surface area contributed by atoms with E-state index in [4.69, 9.17) is 4.74 Å². The van der Waals surface area contributed by atoms with Crippen molar-refractivity contribution in [3.05, 3.63) is 75.8 Å². The molecule has 0 radical (unpaired) electrons. The van der Waals surface area contributed by atoms with E-state index < -0.39 is 11.0 Å². The molecular weight excluding hydrogens is 322 g/mol. The zero-order valence-corrected chi connectivity index (χ0v) is 13.4. The van der Waals surface area contributed by atoms with Crippen LogP contribution in [0, 0.1) is 17.0 Å². The number of nitro groups is 1. The lowest BCUT2D eigenvalue weighted by atomic mass is 10.1. The number of aryl methyl sites for hydroxylation is 1. The van der Waals surface area contributed by atoms with Gasteiger partial charge >= 0.3 is 6.09 Å². The molecule has 2 aromatic carbocycles. The number of nitrogens with one attached hydrogen (secondary N) is 1. The van der Waals surface area contributed by atoms with Gasteiger partial charge in [-0.15, -0.1) is 0 Å². The molecule has 1 aromatic heterocycles. The molecule has 0 spiro atoms. The molecule has 0 aliphatic heterocycles. The summed E-state index contributed by atoms with van der Waals surface area (Å²) in [6.07, 6.45) is -0.614. The summed E-state index contributed by atoms with van der Waals surface area (Å²) in [5.41, 5.74) is 2.21. The third-order valence-electron chi connectivity index (χ3n) is 3.65. The van der Waals surface area contributed by atoms with Gasteiger partial charge in [0, 0.05) is 17.5 Å². The monoisotopic (exact) mass is 337 g/mol. The lowest BCUT2D eigenvalue weighted by Crippen LogP contribution is -2.14. The number of carbonyl (C=O) groups excluding carboxylic acids is 1. The number of fused-ring (bicyclic) bond motifs is 1. The second-order valence-corrected chi connectivity index (χ2v) is 5.47. The Kier molecular flexibility index (Phi) is 4.56. The zero-order valence-electron chi connectivity index (χ0n) is 13.4. The lowest BCUT2D eigenvalue weighted by Gasteiger charge is -2.09. The van der Waals surface area contributed by atoms with E-state index in [0.29, 0.717) is 16.7 Å². The molecule has 3 aromatic rings. The van der Waals surface area contributed by atoms with Gasteiger partial charge in [0.05, 0.1) is 10.4 Å². The molecule has 1 N–H and O–H groups in total. The predicted octanol–water partition coefficient (Wildman–Crippen LogP) is 4.20. The molecule has 0 atom stereocenters. The van der Waals surface area contributed by atoms with Gasteiger partial charge < -0.3 is 4.74 Å². The van der Waals surface area contributed by atoms with Gasteiger partial charge in [0.25, 0.3) is 5.69 Å². The predicted molar refractivity (Wildman–Crippen MR) is 93.4 cm³/mol. The van der Waals surface area contributed by atoms with Crippen molar-refractivity contribution in [2.24, 2.45) is 0 Å². The molecule has 126 valence electrons. The largest absolute Gasteiger partial charge is 0.444 e. The van der Waals surface area contributed by atoms with Crippen LogP contribution >= 0.6 is 0 Å². The number of benzene rings is 2. The Morgan fingerprint density at radius 3 is 2.68 bits per heavy atom. The first kappa shape index (κ1) is 16.4. The van der Waals surface area contributed by atoms with E-state index in [1.165, 1.54) is 12.1 Å². The molecular formula is C18H15N3O4. The Balaban J connectivity index is 1.74. The first-order valence-electron chi connectivity index (χ1n) is 7.56. The second-order valence-electron chi connectivity index (χ2n) is 5.47. The fourth-order valence-corrected chi connectivity index (χ4v) is 2.42. The number of amides is 1. The number of hydrogen-bond acceptors (Lipinski definition) is 5. The average Bonchev–Trinajstić information content (AvgIpc) is 2.60. The third kappa shape index (κ3) is 3.89. The van der Waals surface area contributed by atoms with E-state index in [-0.39, 0.29) is 12.3 Å². The number of rotatable bonds is 4. The standard InChI is InChI=1S/C18H15N3O4/c1-12-9-17(19-16-8-7-14(21(23)24)10-15(12)16)20-18(22)25-11-13-5-3-2-4-6-13/h2-10H,11H2,1H3,(H,19,20,22). The summed E-state index contributed by atoms with van der Waals surface area (Å²) in [7, 11) is 0. The van der Waals surface area contributed by atoms with Crippen molar-refractivity contribution in [2.75, 3.05) is 5.32 Å². The Morgan fingerprint density at radius 1 is 1.20 bits per heavy atom. The Hall–Kier alpha value is -3.48. The second kappa shape index (κ2) is 6.96. The molecule has 3 rings (SSSR count). The maximum atomic E-state index is 11.9. The van der Waals surface area contributed by atoms with Crippen LogP contribution in [-0.2, 0) is 11.3 Å². The van der Waals surface area contributed by atoms with Crippen molar-refractivity contribution in [1.29, 1.82) is 0 Å². The molecule has 1 amide bonds. The molecule has 25 heavy (non-hydrogen) atoms. The number of anilines is 1. The number of nitro benzene ring substituents is 1. The molecule has 7 nitrogen and oxygen atoms in total. The summed E-state index contributed by atoms with van der Waals surface area (Å²) in [4.78, 5) is 26.6. The number of non-ortho nitro benzene ring substituents is 1. The number of hydrogen-bond donors (Lipinski definition) is 1. The number of ether oxygens (including phenoxy) is 1. The molecule has 0 fully saturated rings. The van der Waals surface area contributed by atoms with Crippen LogP contribution in [-0.4, -0.2) is 16.0 Å². The minimum atomic E-state index is -0.614. The number of carbonyl (C=O) groups is 1. The van der Waals surface area contributed by atoms with Crippen LogP contribution in [0.5, 0.6) is 0 Å². The van der Waals surface area contributed by atoms with Gasteiger partial charge in [-0.25, -0.2) is 9.78 Å². The van der Waals surface area contributed by atoms with Crippen molar-refractivity contribution in [2.45, 2.75) is 13.5 Å². The van der Waals surface area contributed by atoms with Crippen molar-refractivity contribution in [3.63, 3.8) is 0 Å². The van der Waals surface area contributed by atoms with Crippen LogP contribution in [0.15, 0.2) is 54.6 Å². The highest BCUT2D eigenvalue weighted by molar-refractivity contribution is 5.89. The molecule has 0 bridgehead atoms. The molecule has 0 saturated carbocycles. The molecule has 0 aliphatic carbocycles. The molecule has 1 heterocycles. The van der Waals surface area contributed by atoms with Gasteiger partial charge in [-0.3, -0.25) is 15.4 Å². The highest BCUT2D eigenvalue weighted by Crippen LogP contribution is 2.24. The van der Waals surface area contributed by atoms with Crippen LogP contribution in [0.25, 0.3) is 10.9 Å². The maximum absolute atomic E-state index is 11.9. The quantitative estimate of drug-likeness (QED) is 0.569. The molecule has 0 unspecified atom stereocenters. The first-order valence-corrected chi connectivity index (χ1v) is 7.56. The zero-order chi connectivity index (χ0) is 17.8. The van der Waals surface area contributed by atoms with E-state index in [2.05, 4.69) is 10.3 Å². The summed E-state index contributed by atoms with van der Waals surface area (Å²) in [5, 5.41) is 14.1. The maximum Gasteiger partial charge on any atom is 0.413 e. The van der Waals surface area contributed by atoms with Crippen molar-refractivity contribution < 1.29 is 14.5 Å². The van der Waals surface area contributed by atoms with E-state index in [0.717, 1.165) is 11.1 Å². The van der Waals surface area contributed by atoms with Gasteiger partial charge in [-0.2, -0.15) is 0 Å². The average molecular weight is 337 g/mol. The first-order chi connectivity index (χ1) is 12.0. The summed E-state index contributed by atoms with van der Waals surface area (Å²) in [5.74, 6) is 0.330. The molecule has 0 aliphatic rings.